The monoisotopic (exact) mass is 413 g/mol. The van der Waals surface area contributed by atoms with Crippen LogP contribution in [0.1, 0.15) is 52.0 Å². The first-order valence-electron chi connectivity index (χ1n) is 11.4. The van der Waals surface area contributed by atoms with E-state index in [0.29, 0.717) is 24.4 Å². The molecule has 2 heterocycles. The summed E-state index contributed by atoms with van der Waals surface area (Å²) in [5, 5.41) is 0. The third-order valence-corrected chi connectivity index (χ3v) is 5.88. The van der Waals surface area contributed by atoms with Gasteiger partial charge in [0.2, 0.25) is 0 Å². The molecule has 1 aromatic carbocycles. The van der Waals surface area contributed by atoms with Gasteiger partial charge in [0.05, 0.1) is 12.2 Å². The molecule has 0 aliphatic carbocycles. The van der Waals surface area contributed by atoms with Crippen molar-refractivity contribution in [2.24, 2.45) is 0 Å². The molecule has 6 heteroatoms. The van der Waals surface area contributed by atoms with E-state index in [4.69, 9.17) is 4.74 Å². The number of likely N-dealkylation sites (N-methyl/N-ethyl adjacent to an activating group) is 1. The number of carbonyl (C=O) groups is 2. The number of rotatable bonds is 10. The van der Waals surface area contributed by atoms with E-state index in [9.17, 15) is 9.59 Å². The normalized spacial score (nSPS) is 18.0. The second-order valence-corrected chi connectivity index (χ2v) is 7.99. The lowest BCUT2D eigenvalue weighted by molar-refractivity contribution is -0.137. The number of amides is 2. The van der Waals surface area contributed by atoms with Crippen LogP contribution in [0.15, 0.2) is 30.0 Å². The smallest absolute Gasteiger partial charge is 0.277 e. The fourth-order valence-corrected chi connectivity index (χ4v) is 4.07. The van der Waals surface area contributed by atoms with Crippen LogP contribution in [-0.2, 0) is 9.59 Å². The summed E-state index contributed by atoms with van der Waals surface area (Å²) < 4.78 is 5.68. The summed E-state index contributed by atoms with van der Waals surface area (Å²) in [6, 6.07) is 7.59. The van der Waals surface area contributed by atoms with Gasteiger partial charge >= 0.3 is 0 Å². The number of hydrogen-bond acceptors (Lipinski definition) is 5. The molecule has 3 rings (SSSR count). The van der Waals surface area contributed by atoms with E-state index >= 15 is 0 Å². The summed E-state index contributed by atoms with van der Waals surface area (Å²) in [6.45, 7) is 11.9. The molecule has 0 saturated carbocycles. The van der Waals surface area contributed by atoms with Gasteiger partial charge in [-0.2, -0.15) is 0 Å². The Labute approximate surface area is 180 Å². The lowest BCUT2D eigenvalue weighted by atomic mass is 10.0. The second-order valence-electron chi connectivity index (χ2n) is 7.99. The lowest BCUT2D eigenvalue weighted by Crippen LogP contribution is -2.47. The van der Waals surface area contributed by atoms with E-state index in [0.717, 1.165) is 69.7 Å². The zero-order valence-corrected chi connectivity index (χ0v) is 18.7. The Bertz CT molecular complexity index is 764. The Morgan fingerprint density at radius 1 is 0.867 bits per heavy atom. The van der Waals surface area contributed by atoms with Gasteiger partial charge in [0.1, 0.15) is 11.4 Å². The van der Waals surface area contributed by atoms with Gasteiger partial charge < -0.3 is 14.5 Å². The first kappa shape index (κ1) is 22.3. The number of carbonyl (C=O) groups excluding carboxylic acids is 2. The summed E-state index contributed by atoms with van der Waals surface area (Å²) in [7, 11) is 0. The molecule has 0 spiro atoms. The second kappa shape index (κ2) is 10.6. The fourth-order valence-electron chi connectivity index (χ4n) is 4.07. The third-order valence-electron chi connectivity index (χ3n) is 5.88. The molecule has 0 N–H and O–H groups in total. The maximum atomic E-state index is 13.3. The van der Waals surface area contributed by atoms with Crippen LogP contribution in [0.25, 0.3) is 5.57 Å². The molecule has 1 aromatic rings. The van der Waals surface area contributed by atoms with Crippen molar-refractivity contribution in [3.8, 4) is 5.75 Å². The highest BCUT2D eigenvalue weighted by molar-refractivity contribution is 6.35. The van der Waals surface area contributed by atoms with E-state index in [1.165, 1.54) is 4.90 Å². The van der Waals surface area contributed by atoms with Gasteiger partial charge in [0.15, 0.2) is 0 Å². The summed E-state index contributed by atoms with van der Waals surface area (Å²) in [6.07, 6.45) is 3.87. The first-order valence-corrected chi connectivity index (χ1v) is 11.4. The van der Waals surface area contributed by atoms with Crippen LogP contribution in [0.5, 0.6) is 5.75 Å². The summed E-state index contributed by atoms with van der Waals surface area (Å²) in [4.78, 5) is 32.6. The van der Waals surface area contributed by atoms with Crippen molar-refractivity contribution >= 4 is 17.4 Å². The van der Waals surface area contributed by atoms with Crippen molar-refractivity contribution in [3.63, 3.8) is 0 Å². The molecule has 164 valence electrons. The minimum absolute atomic E-state index is 0.137. The maximum absolute atomic E-state index is 13.3. The minimum Gasteiger partial charge on any atom is -0.494 e. The van der Waals surface area contributed by atoms with Crippen LogP contribution in [0.3, 0.4) is 0 Å². The Balaban J connectivity index is 1.89. The minimum atomic E-state index is -0.161. The number of benzene rings is 1. The van der Waals surface area contributed by atoms with Crippen LogP contribution in [0, 0.1) is 0 Å². The Morgan fingerprint density at radius 3 is 2.17 bits per heavy atom. The van der Waals surface area contributed by atoms with Gasteiger partial charge in [-0.1, -0.05) is 45.7 Å². The molecule has 0 atom stereocenters. The van der Waals surface area contributed by atoms with Crippen molar-refractivity contribution in [3.05, 3.63) is 35.5 Å². The standard InChI is InChI=1S/C24H35N3O3/c1-4-7-8-13-27-23(28)21(19-9-11-20(12-10-19)30-18-5-2)22(24(27)29)26-16-14-25(6-3)15-17-26/h9-12H,4-8,13-18H2,1-3H3. The number of piperazine rings is 1. The van der Waals surface area contributed by atoms with Crippen LogP contribution in [0.4, 0.5) is 0 Å². The van der Waals surface area contributed by atoms with E-state index in [-0.39, 0.29) is 11.8 Å². The molecule has 30 heavy (non-hydrogen) atoms. The number of imide groups is 1. The average Bonchev–Trinajstić information content (AvgIpc) is 3.03. The van der Waals surface area contributed by atoms with Gasteiger partial charge in [-0.3, -0.25) is 14.5 Å². The third kappa shape index (κ3) is 4.86. The number of ether oxygens (including phenoxy) is 1. The molecule has 0 bridgehead atoms. The molecule has 6 nitrogen and oxygen atoms in total. The topological polar surface area (TPSA) is 53.1 Å². The molecule has 2 amide bonds. The lowest BCUT2D eigenvalue weighted by Gasteiger charge is -2.36. The zero-order valence-electron chi connectivity index (χ0n) is 18.7. The van der Waals surface area contributed by atoms with Crippen molar-refractivity contribution in [1.29, 1.82) is 0 Å². The Morgan fingerprint density at radius 2 is 1.57 bits per heavy atom. The summed E-state index contributed by atoms with van der Waals surface area (Å²) in [5.41, 5.74) is 1.92. The molecule has 2 aliphatic heterocycles. The largest absolute Gasteiger partial charge is 0.494 e. The molecule has 2 aliphatic rings. The molecule has 1 fully saturated rings. The van der Waals surface area contributed by atoms with Crippen molar-refractivity contribution in [2.75, 3.05) is 45.9 Å². The first-order chi connectivity index (χ1) is 14.6. The number of hydrogen-bond donors (Lipinski definition) is 0. The van der Waals surface area contributed by atoms with Crippen molar-refractivity contribution < 1.29 is 14.3 Å². The van der Waals surface area contributed by atoms with Crippen molar-refractivity contribution in [2.45, 2.75) is 46.5 Å². The average molecular weight is 414 g/mol. The maximum Gasteiger partial charge on any atom is 0.277 e. The van der Waals surface area contributed by atoms with E-state index in [1.807, 2.05) is 24.3 Å². The predicted octanol–water partition coefficient (Wildman–Crippen LogP) is 3.38. The predicted molar refractivity (Wildman–Crippen MR) is 119 cm³/mol. The highest BCUT2D eigenvalue weighted by Gasteiger charge is 2.41. The number of nitrogens with zero attached hydrogens (tertiary/aromatic N) is 3. The molecule has 0 unspecified atom stereocenters. The fraction of sp³-hybridized carbons (Fsp3) is 0.583. The molecular weight excluding hydrogens is 378 g/mol. The summed E-state index contributed by atoms with van der Waals surface area (Å²) in [5.74, 6) is 0.490. The summed E-state index contributed by atoms with van der Waals surface area (Å²) >= 11 is 0. The van der Waals surface area contributed by atoms with Gasteiger partial charge in [-0.15, -0.1) is 0 Å². The van der Waals surface area contributed by atoms with Gasteiger partial charge in [0, 0.05) is 32.7 Å². The highest BCUT2D eigenvalue weighted by Crippen LogP contribution is 2.33. The zero-order chi connectivity index (χ0) is 21.5. The number of unbranched alkanes of at least 4 members (excludes halogenated alkanes) is 2. The van der Waals surface area contributed by atoms with Gasteiger partial charge in [0.25, 0.3) is 11.8 Å². The quantitative estimate of drug-likeness (QED) is 0.435. The Hall–Kier alpha value is -2.34. The molecule has 1 saturated heterocycles. The Kier molecular flexibility index (Phi) is 7.91. The molecular formula is C24H35N3O3. The van der Waals surface area contributed by atoms with E-state index < -0.39 is 0 Å². The van der Waals surface area contributed by atoms with Crippen LogP contribution >= 0.6 is 0 Å². The van der Waals surface area contributed by atoms with Gasteiger partial charge in [-0.05, 0) is 37.1 Å². The molecule has 0 radical (unpaired) electrons. The van der Waals surface area contributed by atoms with Crippen molar-refractivity contribution in [1.82, 2.24) is 14.7 Å². The highest BCUT2D eigenvalue weighted by atomic mass is 16.5. The SMILES string of the molecule is CCCCCN1C(=O)C(c2ccc(OCCC)cc2)=C(N2CCN(CC)CC2)C1=O. The van der Waals surface area contributed by atoms with Crippen LogP contribution in [0.2, 0.25) is 0 Å². The van der Waals surface area contributed by atoms with Gasteiger partial charge in [-0.25, -0.2) is 0 Å². The van der Waals surface area contributed by atoms with E-state index in [1.54, 1.807) is 0 Å². The van der Waals surface area contributed by atoms with E-state index in [2.05, 4.69) is 30.6 Å². The van der Waals surface area contributed by atoms with Crippen LogP contribution in [-0.4, -0.2) is 72.4 Å². The van der Waals surface area contributed by atoms with Crippen LogP contribution < -0.4 is 4.74 Å². The molecule has 0 aromatic heterocycles.